The van der Waals surface area contributed by atoms with Crippen molar-refractivity contribution in [3.8, 4) is 0 Å². The SMILES string of the molecule is CC/C=C\C/C=C\C/C=C\C/C=C\CCCCCCCCCCCCCCC(=O)OCC(COC(=O)CCCCCCCCCCCC)OC(=O)CCCCCCC/C=C\CCCCCC. The van der Waals surface area contributed by atoms with Gasteiger partial charge in [0.15, 0.2) is 6.10 Å². The van der Waals surface area contributed by atoms with E-state index in [2.05, 4.69) is 81.5 Å². The Morgan fingerprint density at radius 2 is 0.591 bits per heavy atom. The lowest BCUT2D eigenvalue weighted by Crippen LogP contribution is -2.30. The fourth-order valence-corrected chi connectivity index (χ4v) is 8.02. The molecule has 0 amide bonds. The number of ether oxygens (including phenoxy) is 3. The Morgan fingerprint density at radius 1 is 0.318 bits per heavy atom. The van der Waals surface area contributed by atoms with Crippen molar-refractivity contribution >= 4 is 17.9 Å². The molecular weight excluding hydrogens is 817 g/mol. The van der Waals surface area contributed by atoms with Crippen molar-refractivity contribution in [3.05, 3.63) is 60.8 Å². The van der Waals surface area contributed by atoms with Gasteiger partial charge in [-0.1, -0.05) is 242 Å². The van der Waals surface area contributed by atoms with Gasteiger partial charge in [0.1, 0.15) is 13.2 Å². The second-order valence-corrected chi connectivity index (χ2v) is 18.8. The molecule has 0 radical (unpaired) electrons. The van der Waals surface area contributed by atoms with Gasteiger partial charge in [0.25, 0.3) is 0 Å². The molecule has 0 saturated carbocycles. The van der Waals surface area contributed by atoms with Crippen LogP contribution in [0.15, 0.2) is 60.8 Å². The van der Waals surface area contributed by atoms with Gasteiger partial charge in [-0.2, -0.15) is 0 Å². The number of carbonyl (C=O) groups excluding carboxylic acids is 3. The lowest BCUT2D eigenvalue weighted by Gasteiger charge is -2.18. The lowest BCUT2D eigenvalue weighted by atomic mass is 10.0. The molecule has 6 nitrogen and oxygen atoms in total. The molecule has 0 aliphatic rings. The Bertz CT molecular complexity index is 1200. The molecule has 0 saturated heterocycles. The number of rotatable bonds is 51. The maximum atomic E-state index is 12.8. The standard InChI is InChI=1S/C60H106O6/c1-4-7-10-13-16-19-22-24-25-26-27-28-29-30-31-32-33-34-35-37-38-41-44-47-50-53-59(62)65-56-57(55-64-58(61)52-49-46-43-40-21-18-15-12-9-6-3)66-60(63)54-51-48-45-42-39-36-23-20-17-14-11-8-5-2/h7,10,16,19-20,23-25,27-28,57H,4-6,8-9,11-15,17-18,21-22,26,29-56H2,1-3H3/b10-7-,19-16-,23-20-,25-24-,28-27-. The zero-order valence-corrected chi connectivity index (χ0v) is 43.7. The van der Waals surface area contributed by atoms with Gasteiger partial charge in [-0.05, 0) is 83.5 Å². The number of esters is 3. The Hall–Kier alpha value is -2.89. The molecule has 0 heterocycles. The van der Waals surface area contributed by atoms with Gasteiger partial charge in [-0.25, -0.2) is 0 Å². The number of hydrogen-bond donors (Lipinski definition) is 0. The summed E-state index contributed by atoms with van der Waals surface area (Å²) in [6, 6.07) is 0. The molecule has 0 aliphatic heterocycles. The first-order chi connectivity index (χ1) is 32.5. The highest BCUT2D eigenvalue weighted by molar-refractivity contribution is 5.71. The van der Waals surface area contributed by atoms with Crippen LogP contribution < -0.4 is 0 Å². The van der Waals surface area contributed by atoms with Gasteiger partial charge in [0, 0.05) is 19.3 Å². The lowest BCUT2D eigenvalue weighted by molar-refractivity contribution is -0.167. The minimum atomic E-state index is -0.775. The van der Waals surface area contributed by atoms with E-state index in [0.717, 1.165) is 96.3 Å². The van der Waals surface area contributed by atoms with Crippen molar-refractivity contribution in [2.45, 2.75) is 290 Å². The van der Waals surface area contributed by atoms with E-state index in [0.29, 0.717) is 19.3 Å². The summed E-state index contributed by atoms with van der Waals surface area (Å²) in [5.41, 5.74) is 0. The van der Waals surface area contributed by atoms with Crippen LogP contribution in [0.25, 0.3) is 0 Å². The van der Waals surface area contributed by atoms with Gasteiger partial charge in [-0.3, -0.25) is 14.4 Å². The van der Waals surface area contributed by atoms with E-state index in [-0.39, 0.29) is 31.1 Å². The molecule has 1 unspecified atom stereocenters. The van der Waals surface area contributed by atoms with Crippen molar-refractivity contribution in [2.75, 3.05) is 13.2 Å². The van der Waals surface area contributed by atoms with Gasteiger partial charge >= 0.3 is 17.9 Å². The zero-order chi connectivity index (χ0) is 47.9. The smallest absolute Gasteiger partial charge is 0.306 e. The number of allylic oxidation sites excluding steroid dienone is 10. The first-order valence-corrected chi connectivity index (χ1v) is 28.3. The molecule has 0 rings (SSSR count). The minimum Gasteiger partial charge on any atom is -0.462 e. The van der Waals surface area contributed by atoms with Crippen LogP contribution in [-0.2, 0) is 28.6 Å². The molecule has 0 bridgehead atoms. The molecule has 66 heavy (non-hydrogen) atoms. The molecule has 0 aromatic rings. The molecule has 0 N–H and O–H groups in total. The Kier molecular flexibility index (Phi) is 52.3. The van der Waals surface area contributed by atoms with Crippen molar-refractivity contribution in [3.63, 3.8) is 0 Å². The first kappa shape index (κ1) is 63.1. The van der Waals surface area contributed by atoms with Crippen LogP contribution in [0, 0.1) is 0 Å². The fourth-order valence-electron chi connectivity index (χ4n) is 8.02. The van der Waals surface area contributed by atoms with E-state index in [4.69, 9.17) is 14.2 Å². The molecular formula is C60H106O6. The summed E-state index contributed by atoms with van der Waals surface area (Å²) in [5.74, 6) is -0.878. The van der Waals surface area contributed by atoms with E-state index in [9.17, 15) is 14.4 Å². The predicted octanol–water partition coefficient (Wildman–Crippen LogP) is 18.8. The molecule has 0 spiro atoms. The average molecular weight is 924 g/mol. The van der Waals surface area contributed by atoms with Crippen molar-refractivity contribution in [2.24, 2.45) is 0 Å². The molecule has 1 atom stereocenters. The van der Waals surface area contributed by atoms with E-state index in [1.54, 1.807) is 0 Å². The summed E-state index contributed by atoms with van der Waals surface area (Å²) in [7, 11) is 0. The van der Waals surface area contributed by atoms with Crippen LogP contribution in [0.2, 0.25) is 0 Å². The number of unbranched alkanes of at least 4 members (excludes halogenated alkanes) is 30. The van der Waals surface area contributed by atoms with Gasteiger partial charge in [0.05, 0.1) is 0 Å². The van der Waals surface area contributed by atoms with E-state index in [1.807, 2.05) is 0 Å². The summed E-state index contributed by atoms with van der Waals surface area (Å²) in [6.45, 7) is 6.51. The summed E-state index contributed by atoms with van der Waals surface area (Å²) < 4.78 is 16.8. The quantitative estimate of drug-likeness (QED) is 0.0262. The largest absolute Gasteiger partial charge is 0.462 e. The topological polar surface area (TPSA) is 78.9 Å². The Balaban J connectivity index is 4.21. The van der Waals surface area contributed by atoms with Gasteiger partial charge < -0.3 is 14.2 Å². The summed E-state index contributed by atoms with van der Waals surface area (Å²) in [5, 5.41) is 0. The Labute approximate surface area is 409 Å². The molecule has 0 aliphatic carbocycles. The van der Waals surface area contributed by atoms with Gasteiger partial charge in [-0.15, -0.1) is 0 Å². The number of hydrogen-bond acceptors (Lipinski definition) is 6. The van der Waals surface area contributed by atoms with Crippen LogP contribution in [0.3, 0.4) is 0 Å². The molecule has 382 valence electrons. The maximum Gasteiger partial charge on any atom is 0.306 e. The van der Waals surface area contributed by atoms with Crippen LogP contribution in [0.5, 0.6) is 0 Å². The van der Waals surface area contributed by atoms with Crippen LogP contribution >= 0.6 is 0 Å². The van der Waals surface area contributed by atoms with Crippen molar-refractivity contribution in [1.82, 2.24) is 0 Å². The Morgan fingerprint density at radius 3 is 0.955 bits per heavy atom. The highest BCUT2D eigenvalue weighted by Gasteiger charge is 2.19. The van der Waals surface area contributed by atoms with Crippen LogP contribution in [0.4, 0.5) is 0 Å². The second-order valence-electron chi connectivity index (χ2n) is 18.8. The van der Waals surface area contributed by atoms with E-state index < -0.39 is 6.10 Å². The summed E-state index contributed by atoms with van der Waals surface area (Å²) in [6.07, 6.45) is 67.9. The molecule has 0 aromatic heterocycles. The monoisotopic (exact) mass is 923 g/mol. The van der Waals surface area contributed by atoms with Crippen molar-refractivity contribution in [1.29, 1.82) is 0 Å². The highest BCUT2D eigenvalue weighted by atomic mass is 16.6. The molecule has 0 aromatic carbocycles. The minimum absolute atomic E-state index is 0.0750. The third-order valence-electron chi connectivity index (χ3n) is 12.3. The average Bonchev–Trinajstić information content (AvgIpc) is 3.31. The normalized spacial score (nSPS) is 12.5. The molecule has 0 fully saturated rings. The summed E-state index contributed by atoms with van der Waals surface area (Å²) in [4.78, 5) is 38.0. The van der Waals surface area contributed by atoms with Crippen LogP contribution in [-0.4, -0.2) is 37.2 Å². The third-order valence-corrected chi connectivity index (χ3v) is 12.3. The summed E-state index contributed by atoms with van der Waals surface area (Å²) >= 11 is 0. The van der Waals surface area contributed by atoms with Gasteiger partial charge in [0.2, 0.25) is 0 Å². The molecule has 6 heteroatoms. The number of carbonyl (C=O) groups is 3. The second kappa shape index (κ2) is 54.7. The van der Waals surface area contributed by atoms with Crippen molar-refractivity contribution < 1.29 is 28.6 Å². The predicted molar refractivity (Wildman–Crippen MR) is 284 cm³/mol. The van der Waals surface area contributed by atoms with E-state index in [1.165, 1.54) is 148 Å². The van der Waals surface area contributed by atoms with E-state index >= 15 is 0 Å². The zero-order valence-electron chi connectivity index (χ0n) is 43.7. The third kappa shape index (κ3) is 52.1. The fraction of sp³-hybridized carbons (Fsp3) is 0.783. The highest BCUT2D eigenvalue weighted by Crippen LogP contribution is 2.16. The van der Waals surface area contributed by atoms with Crippen LogP contribution in [0.1, 0.15) is 284 Å². The maximum absolute atomic E-state index is 12.8. The first-order valence-electron chi connectivity index (χ1n) is 28.3.